The lowest BCUT2D eigenvalue weighted by Gasteiger charge is -2.21. The van der Waals surface area contributed by atoms with Gasteiger partial charge in [-0.3, -0.25) is 0 Å². The third-order valence-corrected chi connectivity index (χ3v) is 3.38. The second kappa shape index (κ2) is 7.06. The van der Waals surface area contributed by atoms with E-state index in [1.807, 2.05) is 0 Å². The minimum atomic E-state index is 0.224. The molecule has 0 aliphatic rings. The standard InChI is InChI=1S/C17H30N2/c1-13(2)19-10-9-18-12-15-11-16(17(4,5)6)8-7-14(15)3/h7-8,11,13,18-19H,9-10,12H2,1-6H3. The average molecular weight is 262 g/mol. The summed E-state index contributed by atoms with van der Waals surface area (Å²) in [6.45, 7) is 16.3. The summed E-state index contributed by atoms with van der Waals surface area (Å²) in [7, 11) is 0. The zero-order valence-corrected chi connectivity index (χ0v) is 13.4. The zero-order chi connectivity index (χ0) is 14.5. The van der Waals surface area contributed by atoms with Crippen LogP contribution in [0.5, 0.6) is 0 Å². The third kappa shape index (κ3) is 5.75. The molecule has 2 N–H and O–H groups in total. The minimum Gasteiger partial charge on any atom is -0.313 e. The van der Waals surface area contributed by atoms with Crippen molar-refractivity contribution in [3.63, 3.8) is 0 Å². The molecule has 0 bridgehead atoms. The summed E-state index contributed by atoms with van der Waals surface area (Å²) in [6.07, 6.45) is 0. The summed E-state index contributed by atoms with van der Waals surface area (Å²) < 4.78 is 0. The highest BCUT2D eigenvalue weighted by Gasteiger charge is 2.14. The smallest absolute Gasteiger partial charge is 0.0208 e. The first kappa shape index (κ1) is 16.2. The van der Waals surface area contributed by atoms with Crippen LogP contribution in [0, 0.1) is 6.92 Å². The molecule has 0 amide bonds. The lowest BCUT2D eigenvalue weighted by atomic mass is 9.85. The van der Waals surface area contributed by atoms with Crippen molar-refractivity contribution in [2.24, 2.45) is 0 Å². The SMILES string of the molecule is Cc1ccc(C(C)(C)C)cc1CNCCNC(C)C. The summed E-state index contributed by atoms with van der Waals surface area (Å²) >= 11 is 0. The molecule has 0 aliphatic heterocycles. The second-order valence-electron chi connectivity index (χ2n) is 6.68. The molecular weight excluding hydrogens is 232 g/mol. The van der Waals surface area contributed by atoms with E-state index < -0.39 is 0 Å². The number of nitrogens with one attached hydrogen (secondary N) is 2. The Hall–Kier alpha value is -0.860. The van der Waals surface area contributed by atoms with Crippen LogP contribution in [0.3, 0.4) is 0 Å². The third-order valence-electron chi connectivity index (χ3n) is 3.38. The zero-order valence-electron chi connectivity index (χ0n) is 13.4. The van der Waals surface area contributed by atoms with Gasteiger partial charge in [0.05, 0.1) is 0 Å². The minimum absolute atomic E-state index is 0.224. The van der Waals surface area contributed by atoms with Gasteiger partial charge in [-0.1, -0.05) is 52.8 Å². The van der Waals surface area contributed by atoms with Gasteiger partial charge in [0.25, 0.3) is 0 Å². The summed E-state index contributed by atoms with van der Waals surface area (Å²) in [5.41, 5.74) is 4.42. The van der Waals surface area contributed by atoms with Crippen molar-refractivity contribution in [1.82, 2.24) is 10.6 Å². The Labute approximate surface area is 119 Å². The topological polar surface area (TPSA) is 24.1 Å². The molecule has 0 heterocycles. The van der Waals surface area contributed by atoms with Crippen LogP contribution in [0.4, 0.5) is 0 Å². The molecule has 1 aromatic carbocycles. The molecule has 1 aromatic rings. The normalized spacial score (nSPS) is 12.2. The largest absolute Gasteiger partial charge is 0.313 e. The Balaban J connectivity index is 2.53. The van der Waals surface area contributed by atoms with Crippen molar-refractivity contribution in [2.45, 2.75) is 59.5 Å². The van der Waals surface area contributed by atoms with Crippen molar-refractivity contribution in [3.05, 3.63) is 34.9 Å². The van der Waals surface area contributed by atoms with Gasteiger partial charge in [0, 0.05) is 25.7 Å². The summed E-state index contributed by atoms with van der Waals surface area (Å²) in [5.74, 6) is 0. The molecule has 108 valence electrons. The number of aryl methyl sites for hydroxylation is 1. The van der Waals surface area contributed by atoms with Crippen molar-refractivity contribution in [3.8, 4) is 0 Å². The Morgan fingerprint density at radius 3 is 2.37 bits per heavy atom. The number of hydrogen-bond donors (Lipinski definition) is 2. The van der Waals surface area contributed by atoms with Crippen LogP contribution in [-0.4, -0.2) is 19.1 Å². The highest BCUT2D eigenvalue weighted by atomic mass is 15.0. The average Bonchev–Trinajstić information content (AvgIpc) is 2.29. The van der Waals surface area contributed by atoms with Gasteiger partial charge in [0.1, 0.15) is 0 Å². The Kier molecular flexibility index (Phi) is 6.02. The first-order valence-corrected chi connectivity index (χ1v) is 7.35. The maximum absolute atomic E-state index is 3.51. The second-order valence-corrected chi connectivity index (χ2v) is 6.68. The fourth-order valence-corrected chi connectivity index (χ4v) is 2.00. The fourth-order valence-electron chi connectivity index (χ4n) is 2.00. The van der Waals surface area contributed by atoms with Crippen LogP contribution in [-0.2, 0) is 12.0 Å². The summed E-state index contributed by atoms with van der Waals surface area (Å²) in [4.78, 5) is 0. The molecule has 0 aliphatic carbocycles. The van der Waals surface area contributed by atoms with Crippen molar-refractivity contribution >= 4 is 0 Å². The van der Waals surface area contributed by atoms with E-state index in [2.05, 4.69) is 70.4 Å². The molecule has 0 aromatic heterocycles. The molecule has 1 rings (SSSR count). The van der Waals surface area contributed by atoms with E-state index in [9.17, 15) is 0 Å². The Morgan fingerprint density at radius 2 is 1.79 bits per heavy atom. The summed E-state index contributed by atoms with van der Waals surface area (Å²) in [5, 5.41) is 6.93. The van der Waals surface area contributed by atoms with Crippen molar-refractivity contribution in [2.75, 3.05) is 13.1 Å². The van der Waals surface area contributed by atoms with Gasteiger partial charge < -0.3 is 10.6 Å². The monoisotopic (exact) mass is 262 g/mol. The van der Waals surface area contributed by atoms with E-state index in [-0.39, 0.29) is 5.41 Å². The van der Waals surface area contributed by atoms with E-state index in [0.717, 1.165) is 19.6 Å². The molecular formula is C17H30N2. The molecule has 0 saturated carbocycles. The molecule has 0 radical (unpaired) electrons. The van der Waals surface area contributed by atoms with Crippen LogP contribution >= 0.6 is 0 Å². The molecule has 2 nitrogen and oxygen atoms in total. The van der Waals surface area contributed by atoms with Gasteiger partial charge >= 0.3 is 0 Å². The van der Waals surface area contributed by atoms with E-state index in [1.54, 1.807) is 0 Å². The molecule has 0 spiro atoms. The number of hydrogen-bond acceptors (Lipinski definition) is 2. The highest BCUT2D eigenvalue weighted by Crippen LogP contribution is 2.24. The van der Waals surface area contributed by atoms with Crippen LogP contribution in [0.2, 0.25) is 0 Å². The predicted molar refractivity (Wildman–Crippen MR) is 84.7 cm³/mol. The first-order chi connectivity index (χ1) is 8.80. The Morgan fingerprint density at radius 1 is 1.11 bits per heavy atom. The maximum atomic E-state index is 3.51. The molecule has 0 atom stereocenters. The van der Waals surface area contributed by atoms with Crippen LogP contribution in [0.15, 0.2) is 18.2 Å². The van der Waals surface area contributed by atoms with Gasteiger partial charge in [-0.2, -0.15) is 0 Å². The van der Waals surface area contributed by atoms with Gasteiger partial charge in [-0.25, -0.2) is 0 Å². The van der Waals surface area contributed by atoms with Gasteiger partial charge in [0.2, 0.25) is 0 Å². The van der Waals surface area contributed by atoms with E-state index in [4.69, 9.17) is 0 Å². The van der Waals surface area contributed by atoms with Crippen LogP contribution in [0.1, 0.15) is 51.3 Å². The van der Waals surface area contributed by atoms with Crippen LogP contribution < -0.4 is 10.6 Å². The summed E-state index contributed by atoms with van der Waals surface area (Å²) in [6, 6.07) is 7.40. The number of benzene rings is 1. The highest BCUT2D eigenvalue weighted by molar-refractivity contribution is 5.34. The molecule has 0 saturated heterocycles. The molecule has 0 unspecified atom stereocenters. The van der Waals surface area contributed by atoms with Crippen molar-refractivity contribution in [1.29, 1.82) is 0 Å². The fraction of sp³-hybridized carbons (Fsp3) is 0.647. The maximum Gasteiger partial charge on any atom is 0.0208 e. The van der Waals surface area contributed by atoms with Gasteiger partial charge in [-0.05, 0) is 29.0 Å². The lowest BCUT2D eigenvalue weighted by molar-refractivity contribution is 0.554. The van der Waals surface area contributed by atoms with E-state index in [0.29, 0.717) is 6.04 Å². The lowest BCUT2D eigenvalue weighted by Crippen LogP contribution is -2.31. The number of rotatable bonds is 6. The van der Waals surface area contributed by atoms with Gasteiger partial charge in [0.15, 0.2) is 0 Å². The molecule has 19 heavy (non-hydrogen) atoms. The van der Waals surface area contributed by atoms with Crippen molar-refractivity contribution < 1.29 is 0 Å². The van der Waals surface area contributed by atoms with Crippen LogP contribution in [0.25, 0.3) is 0 Å². The molecule has 2 heteroatoms. The molecule has 0 fully saturated rings. The van der Waals surface area contributed by atoms with Gasteiger partial charge in [-0.15, -0.1) is 0 Å². The first-order valence-electron chi connectivity index (χ1n) is 7.35. The quantitative estimate of drug-likeness (QED) is 0.768. The van der Waals surface area contributed by atoms with E-state index in [1.165, 1.54) is 16.7 Å². The van der Waals surface area contributed by atoms with E-state index >= 15 is 0 Å². The predicted octanol–water partition coefficient (Wildman–Crippen LogP) is 3.38. The Bertz CT molecular complexity index is 389.